The van der Waals surface area contributed by atoms with Gasteiger partial charge < -0.3 is 15.5 Å². The van der Waals surface area contributed by atoms with E-state index in [0.29, 0.717) is 18.5 Å². The molecule has 0 radical (unpaired) electrons. The number of aliphatic hydroxyl groups is 1. The maximum Gasteiger partial charge on any atom is 0.165 e. The highest BCUT2D eigenvalue weighted by molar-refractivity contribution is 5.33. The summed E-state index contributed by atoms with van der Waals surface area (Å²) < 4.78 is 13.1. The first-order valence-electron chi connectivity index (χ1n) is 5.84. The van der Waals surface area contributed by atoms with Gasteiger partial charge in [0.05, 0.1) is 0 Å². The second kappa shape index (κ2) is 5.98. The van der Waals surface area contributed by atoms with Crippen LogP contribution in [-0.4, -0.2) is 22.4 Å². The third kappa shape index (κ3) is 3.68. The molecule has 0 aliphatic rings. The fourth-order valence-corrected chi connectivity index (χ4v) is 1.65. The molecule has 0 saturated carbocycles. The van der Waals surface area contributed by atoms with Gasteiger partial charge >= 0.3 is 0 Å². The molecule has 4 heteroatoms. The van der Waals surface area contributed by atoms with Gasteiger partial charge in [0.1, 0.15) is 0 Å². The number of hydrogen-bond acceptors (Lipinski definition) is 3. The van der Waals surface area contributed by atoms with Crippen LogP contribution in [0.15, 0.2) is 18.2 Å². The van der Waals surface area contributed by atoms with Gasteiger partial charge in [-0.2, -0.15) is 0 Å². The Morgan fingerprint density at radius 2 is 2.12 bits per heavy atom. The van der Waals surface area contributed by atoms with Crippen molar-refractivity contribution in [2.75, 3.05) is 6.61 Å². The van der Waals surface area contributed by atoms with Gasteiger partial charge in [0.2, 0.25) is 0 Å². The highest BCUT2D eigenvalue weighted by Gasteiger charge is 2.21. The van der Waals surface area contributed by atoms with Crippen molar-refractivity contribution < 1.29 is 14.6 Å². The zero-order valence-electron chi connectivity index (χ0n) is 10.3. The molecule has 96 valence electrons. The van der Waals surface area contributed by atoms with Crippen LogP contribution in [0.25, 0.3) is 0 Å². The number of para-hydroxylation sites is 1. The highest BCUT2D eigenvalue weighted by atomic mass is 19.1. The molecule has 0 saturated heterocycles. The zero-order valence-corrected chi connectivity index (χ0v) is 10.3. The number of benzene rings is 1. The number of phenolic OH excluding ortho intramolecular Hbond substituents is 1. The van der Waals surface area contributed by atoms with E-state index in [-0.39, 0.29) is 17.9 Å². The Labute approximate surface area is 101 Å². The summed E-state index contributed by atoms with van der Waals surface area (Å²) in [4.78, 5) is 0. The number of rotatable bonds is 6. The number of nitrogens with one attached hydrogen (secondary N) is 1. The lowest BCUT2D eigenvalue weighted by Crippen LogP contribution is -2.42. The van der Waals surface area contributed by atoms with Gasteiger partial charge in [0, 0.05) is 24.3 Å². The smallest absolute Gasteiger partial charge is 0.165 e. The molecule has 1 rings (SSSR count). The quantitative estimate of drug-likeness (QED) is 0.715. The van der Waals surface area contributed by atoms with Crippen molar-refractivity contribution >= 4 is 0 Å². The predicted molar refractivity (Wildman–Crippen MR) is 65.3 cm³/mol. The summed E-state index contributed by atoms with van der Waals surface area (Å²) in [5.74, 6) is -0.910. The fourth-order valence-electron chi connectivity index (χ4n) is 1.65. The van der Waals surface area contributed by atoms with E-state index in [2.05, 4.69) is 5.32 Å². The molecule has 0 amide bonds. The van der Waals surface area contributed by atoms with Crippen LogP contribution in [0, 0.1) is 5.82 Å². The van der Waals surface area contributed by atoms with Gasteiger partial charge in [-0.3, -0.25) is 0 Å². The second-order valence-electron chi connectivity index (χ2n) is 4.49. The summed E-state index contributed by atoms with van der Waals surface area (Å²) in [7, 11) is 0. The Kier molecular flexibility index (Phi) is 4.90. The fraction of sp³-hybridized carbons (Fsp3) is 0.538. The predicted octanol–water partition coefficient (Wildman–Crippen LogP) is 2.17. The molecule has 1 aromatic rings. The van der Waals surface area contributed by atoms with Crippen LogP contribution in [0.2, 0.25) is 0 Å². The zero-order chi connectivity index (χ0) is 12.9. The standard InChI is InChI=1S/C13H20FNO2/c1-3-13(2,7-8-16)15-9-10-5-4-6-11(14)12(10)17/h4-6,15-17H,3,7-9H2,1-2H3. The molecule has 3 nitrogen and oxygen atoms in total. The topological polar surface area (TPSA) is 52.5 Å². The summed E-state index contributed by atoms with van der Waals surface area (Å²) in [6, 6.07) is 4.48. The lowest BCUT2D eigenvalue weighted by molar-refractivity contribution is 0.214. The van der Waals surface area contributed by atoms with Crippen LogP contribution in [0.4, 0.5) is 4.39 Å². The first kappa shape index (κ1) is 13.9. The van der Waals surface area contributed by atoms with Gasteiger partial charge in [-0.1, -0.05) is 19.1 Å². The molecule has 0 fully saturated rings. The molecular weight excluding hydrogens is 221 g/mol. The van der Waals surface area contributed by atoms with Crippen molar-refractivity contribution in [1.29, 1.82) is 0 Å². The number of aliphatic hydroxyl groups excluding tert-OH is 1. The minimum absolute atomic E-state index is 0.104. The van der Waals surface area contributed by atoms with Crippen molar-refractivity contribution in [2.45, 2.75) is 38.8 Å². The van der Waals surface area contributed by atoms with Gasteiger partial charge in [-0.05, 0) is 25.8 Å². The monoisotopic (exact) mass is 241 g/mol. The molecule has 0 aliphatic carbocycles. The first-order valence-corrected chi connectivity index (χ1v) is 5.84. The summed E-state index contributed by atoms with van der Waals surface area (Å²) in [5, 5.41) is 21.8. The highest BCUT2D eigenvalue weighted by Crippen LogP contribution is 2.22. The number of phenols is 1. The maximum absolute atomic E-state index is 13.1. The van der Waals surface area contributed by atoms with Crippen LogP contribution >= 0.6 is 0 Å². The van der Waals surface area contributed by atoms with Gasteiger partial charge in [-0.25, -0.2) is 4.39 Å². The Hall–Kier alpha value is -1.13. The molecule has 1 atom stereocenters. The largest absolute Gasteiger partial charge is 0.505 e. The lowest BCUT2D eigenvalue weighted by Gasteiger charge is -2.29. The Morgan fingerprint density at radius 1 is 1.41 bits per heavy atom. The minimum atomic E-state index is -0.607. The molecule has 0 aromatic heterocycles. The summed E-state index contributed by atoms with van der Waals surface area (Å²) in [5.41, 5.74) is 0.329. The molecule has 0 spiro atoms. The van der Waals surface area contributed by atoms with E-state index in [4.69, 9.17) is 5.11 Å². The Balaban J connectivity index is 2.69. The van der Waals surface area contributed by atoms with E-state index < -0.39 is 5.82 Å². The summed E-state index contributed by atoms with van der Waals surface area (Å²) >= 11 is 0. The van der Waals surface area contributed by atoms with E-state index in [1.54, 1.807) is 12.1 Å². The van der Waals surface area contributed by atoms with Gasteiger partial charge in [-0.15, -0.1) is 0 Å². The Morgan fingerprint density at radius 3 is 2.71 bits per heavy atom. The molecule has 17 heavy (non-hydrogen) atoms. The molecule has 1 aromatic carbocycles. The van der Waals surface area contributed by atoms with E-state index in [9.17, 15) is 9.50 Å². The molecular formula is C13H20FNO2. The number of halogens is 1. The molecule has 3 N–H and O–H groups in total. The normalized spacial score (nSPS) is 14.6. The van der Waals surface area contributed by atoms with E-state index in [1.165, 1.54) is 6.07 Å². The summed E-state index contributed by atoms with van der Waals surface area (Å²) in [6.07, 6.45) is 1.48. The Bertz CT molecular complexity index is 370. The molecule has 0 heterocycles. The molecule has 0 aliphatic heterocycles. The van der Waals surface area contributed by atoms with Crippen LogP contribution in [-0.2, 0) is 6.54 Å². The van der Waals surface area contributed by atoms with E-state index >= 15 is 0 Å². The molecule has 1 unspecified atom stereocenters. The number of aromatic hydroxyl groups is 1. The van der Waals surface area contributed by atoms with Crippen molar-refractivity contribution in [3.8, 4) is 5.75 Å². The van der Waals surface area contributed by atoms with Crippen molar-refractivity contribution in [3.63, 3.8) is 0 Å². The van der Waals surface area contributed by atoms with E-state index in [0.717, 1.165) is 6.42 Å². The maximum atomic E-state index is 13.1. The average Bonchev–Trinajstić information content (AvgIpc) is 2.31. The van der Waals surface area contributed by atoms with Gasteiger partial charge in [0.15, 0.2) is 11.6 Å². The first-order chi connectivity index (χ1) is 8.02. The van der Waals surface area contributed by atoms with Crippen molar-refractivity contribution in [1.82, 2.24) is 5.32 Å². The van der Waals surface area contributed by atoms with Crippen LogP contribution < -0.4 is 5.32 Å². The lowest BCUT2D eigenvalue weighted by atomic mass is 9.94. The third-order valence-corrected chi connectivity index (χ3v) is 3.22. The minimum Gasteiger partial charge on any atom is -0.505 e. The van der Waals surface area contributed by atoms with Crippen LogP contribution in [0.3, 0.4) is 0 Å². The van der Waals surface area contributed by atoms with Crippen molar-refractivity contribution in [3.05, 3.63) is 29.6 Å². The SMILES string of the molecule is CCC(C)(CCO)NCc1cccc(F)c1O. The third-order valence-electron chi connectivity index (χ3n) is 3.22. The van der Waals surface area contributed by atoms with Crippen LogP contribution in [0.5, 0.6) is 5.75 Å². The van der Waals surface area contributed by atoms with Crippen LogP contribution in [0.1, 0.15) is 32.3 Å². The van der Waals surface area contributed by atoms with Crippen molar-refractivity contribution in [2.24, 2.45) is 0 Å². The van der Waals surface area contributed by atoms with Gasteiger partial charge in [0.25, 0.3) is 0 Å². The van der Waals surface area contributed by atoms with E-state index in [1.807, 2.05) is 13.8 Å². The summed E-state index contributed by atoms with van der Waals surface area (Å²) in [6.45, 7) is 4.51. The average molecular weight is 241 g/mol. The molecule has 0 bridgehead atoms. The number of hydrogen-bond donors (Lipinski definition) is 3. The second-order valence-corrected chi connectivity index (χ2v) is 4.49.